The third-order valence-electron chi connectivity index (χ3n) is 3.46. The number of benzene rings is 1. The Morgan fingerprint density at radius 3 is 2.67 bits per heavy atom. The van der Waals surface area contributed by atoms with E-state index in [1.807, 2.05) is 29.5 Å². The summed E-state index contributed by atoms with van der Waals surface area (Å²) < 4.78 is 0.573. The van der Waals surface area contributed by atoms with E-state index in [0.717, 1.165) is 11.8 Å². The number of halogens is 1. The summed E-state index contributed by atoms with van der Waals surface area (Å²) in [4.78, 5) is 36.0. The second kappa shape index (κ2) is 7.38. The van der Waals surface area contributed by atoms with Crippen molar-refractivity contribution in [2.75, 3.05) is 7.05 Å². The summed E-state index contributed by atoms with van der Waals surface area (Å²) in [6, 6.07) is 4.04. The Labute approximate surface area is 155 Å². The van der Waals surface area contributed by atoms with Gasteiger partial charge in [-0.05, 0) is 35.1 Å². The van der Waals surface area contributed by atoms with Crippen molar-refractivity contribution >= 4 is 51.9 Å². The third-order valence-corrected chi connectivity index (χ3v) is 5.70. The van der Waals surface area contributed by atoms with Gasteiger partial charge < -0.3 is 15.3 Å². The fourth-order valence-corrected chi connectivity index (χ4v) is 4.04. The highest BCUT2D eigenvalue weighted by Gasteiger charge is 2.34. The number of non-ortho nitro benzene ring substituents is 1. The van der Waals surface area contributed by atoms with Gasteiger partial charge >= 0.3 is 5.97 Å². The van der Waals surface area contributed by atoms with Crippen LogP contribution < -0.4 is 5.32 Å². The van der Waals surface area contributed by atoms with Crippen LogP contribution in [0.5, 0.6) is 0 Å². The zero-order chi connectivity index (χ0) is 18.0. The van der Waals surface area contributed by atoms with E-state index in [4.69, 9.17) is 0 Å². The average molecular weight is 463 g/mol. The molecular formula is C14H14IN3O5S. The molecule has 0 spiro atoms. The molecule has 0 aromatic heterocycles. The van der Waals surface area contributed by atoms with E-state index in [0.29, 0.717) is 15.7 Å². The third kappa shape index (κ3) is 3.64. The van der Waals surface area contributed by atoms with Gasteiger partial charge in [0.2, 0.25) is 0 Å². The number of carboxylic acid groups (broad SMARTS) is 1. The lowest BCUT2D eigenvalue weighted by atomic mass is 10.2. The predicted molar refractivity (Wildman–Crippen MR) is 97.4 cm³/mol. The zero-order valence-electron chi connectivity index (χ0n) is 12.8. The largest absolute Gasteiger partial charge is 0.477 e. The number of hydrogen-bond acceptors (Lipinski definition) is 6. The minimum Gasteiger partial charge on any atom is -0.477 e. The molecule has 0 radical (unpaired) electrons. The van der Waals surface area contributed by atoms with Crippen LogP contribution in [0.25, 0.3) is 0 Å². The SMILES string of the molecule is CCC1=C(C(=O)O)SC(NC(=O)c2cc([N+](=O)[O-])ccc2I)N1C. The van der Waals surface area contributed by atoms with Gasteiger partial charge in [0.15, 0.2) is 5.50 Å². The highest BCUT2D eigenvalue weighted by molar-refractivity contribution is 14.1. The predicted octanol–water partition coefficient (Wildman–Crippen LogP) is 2.60. The number of carbonyl (C=O) groups is 2. The first-order valence-electron chi connectivity index (χ1n) is 6.87. The number of amides is 1. The molecule has 0 saturated carbocycles. The maximum absolute atomic E-state index is 12.5. The van der Waals surface area contributed by atoms with Gasteiger partial charge in [0.1, 0.15) is 4.91 Å². The Morgan fingerprint density at radius 2 is 2.17 bits per heavy atom. The summed E-state index contributed by atoms with van der Waals surface area (Å²) in [5, 5.41) is 22.8. The molecule has 0 saturated heterocycles. The molecule has 1 heterocycles. The first-order valence-corrected chi connectivity index (χ1v) is 8.82. The summed E-state index contributed by atoms with van der Waals surface area (Å²) in [7, 11) is 1.70. The molecule has 1 aromatic carbocycles. The van der Waals surface area contributed by atoms with Crippen LogP contribution in [0, 0.1) is 13.7 Å². The normalized spacial score (nSPS) is 17.1. The van der Waals surface area contributed by atoms with Gasteiger partial charge in [-0.15, -0.1) is 0 Å². The van der Waals surface area contributed by atoms with Crippen molar-refractivity contribution in [2.24, 2.45) is 0 Å². The Balaban J connectivity index is 2.21. The van der Waals surface area contributed by atoms with E-state index in [9.17, 15) is 24.8 Å². The summed E-state index contributed by atoms with van der Waals surface area (Å²) in [5.74, 6) is -1.53. The van der Waals surface area contributed by atoms with Crippen LogP contribution >= 0.6 is 34.4 Å². The number of carboxylic acids is 1. The van der Waals surface area contributed by atoms with Crippen LogP contribution in [0.1, 0.15) is 23.7 Å². The van der Waals surface area contributed by atoms with Crippen molar-refractivity contribution in [3.63, 3.8) is 0 Å². The van der Waals surface area contributed by atoms with Crippen LogP contribution in [0.3, 0.4) is 0 Å². The van der Waals surface area contributed by atoms with Crippen molar-refractivity contribution in [3.8, 4) is 0 Å². The van der Waals surface area contributed by atoms with Gasteiger partial charge in [-0.25, -0.2) is 4.79 Å². The molecule has 10 heteroatoms. The molecular weight excluding hydrogens is 449 g/mol. The van der Waals surface area contributed by atoms with Crippen molar-refractivity contribution in [2.45, 2.75) is 18.8 Å². The van der Waals surface area contributed by atoms with Crippen LogP contribution in [0.15, 0.2) is 28.8 Å². The number of hydrogen-bond donors (Lipinski definition) is 2. The maximum Gasteiger partial charge on any atom is 0.344 e. The second-order valence-corrected chi connectivity index (χ2v) is 7.16. The molecule has 24 heavy (non-hydrogen) atoms. The molecule has 1 aromatic rings. The van der Waals surface area contributed by atoms with E-state index < -0.39 is 22.3 Å². The molecule has 1 aliphatic heterocycles. The lowest BCUT2D eigenvalue weighted by Crippen LogP contribution is -2.41. The molecule has 1 unspecified atom stereocenters. The van der Waals surface area contributed by atoms with Crippen LogP contribution in [0.4, 0.5) is 5.69 Å². The second-order valence-electron chi connectivity index (χ2n) is 4.91. The first kappa shape index (κ1) is 18.5. The molecule has 2 rings (SSSR count). The van der Waals surface area contributed by atoms with Gasteiger partial charge in [0, 0.05) is 28.4 Å². The van der Waals surface area contributed by atoms with E-state index in [1.165, 1.54) is 18.2 Å². The van der Waals surface area contributed by atoms with Gasteiger partial charge in [-0.1, -0.05) is 18.7 Å². The molecule has 1 amide bonds. The summed E-state index contributed by atoms with van der Waals surface area (Å²) in [5.41, 5.74) is 0.0624. The van der Waals surface area contributed by atoms with Crippen molar-refractivity contribution < 1.29 is 19.6 Å². The average Bonchev–Trinajstić information content (AvgIpc) is 2.83. The zero-order valence-corrected chi connectivity index (χ0v) is 15.8. The van der Waals surface area contributed by atoms with Crippen LogP contribution in [0.2, 0.25) is 0 Å². The van der Waals surface area contributed by atoms with Gasteiger partial charge in [-0.3, -0.25) is 14.9 Å². The number of thioether (sulfide) groups is 1. The molecule has 1 aliphatic rings. The molecule has 1 atom stereocenters. The Bertz CT molecular complexity index is 752. The monoisotopic (exact) mass is 463 g/mol. The summed E-state index contributed by atoms with van der Waals surface area (Å²) >= 11 is 2.96. The first-order chi connectivity index (χ1) is 11.3. The minimum absolute atomic E-state index is 0.174. The summed E-state index contributed by atoms with van der Waals surface area (Å²) in [6.45, 7) is 1.84. The quantitative estimate of drug-likeness (QED) is 0.392. The van der Waals surface area contributed by atoms with E-state index in [1.54, 1.807) is 11.9 Å². The highest BCUT2D eigenvalue weighted by atomic mass is 127. The van der Waals surface area contributed by atoms with Crippen molar-refractivity contribution in [3.05, 3.63) is 48.0 Å². The Morgan fingerprint density at radius 1 is 1.50 bits per heavy atom. The maximum atomic E-state index is 12.5. The number of rotatable bonds is 5. The van der Waals surface area contributed by atoms with E-state index >= 15 is 0 Å². The standard InChI is InChI=1S/C14H14IN3O5S/c1-3-10-11(13(20)21)24-14(17(10)2)16-12(19)8-6-7(18(22)23)4-5-9(8)15/h4-6,14H,3H2,1-2H3,(H,16,19)(H,20,21). The molecule has 128 valence electrons. The van der Waals surface area contributed by atoms with Crippen molar-refractivity contribution in [1.29, 1.82) is 0 Å². The summed E-state index contributed by atoms with van der Waals surface area (Å²) in [6.07, 6.45) is 0.520. The fourth-order valence-electron chi connectivity index (χ4n) is 2.26. The molecule has 0 fully saturated rings. The molecule has 0 aliphatic carbocycles. The number of nitro benzene ring substituents is 1. The van der Waals surface area contributed by atoms with Gasteiger partial charge in [-0.2, -0.15) is 0 Å². The van der Waals surface area contributed by atoms with Crippen molar-refractivity contribution in [1.82, 2.24) is 10.2 Å². The highest BCUT2D eigenvalue weighted by Crippen LogP contribution is 2.37. The Hall–Kier alpha value is -1.82. The van der Waals surface area contributed by atoms with Gasteiger partial charge in [0.25, 0.3) is 11.6 Å². The molecule has 2 N–H and O–H groups in total. The molecule has 0 bridgehead atoms. The number of nitrogens with one attached hydrogen (secondary N) is 1. The fraction of sp³-hybridized carbons (Fsp3) is 0.286. The van der Waals surface area contributed by atoms with E-state index in [-0.39, 0.29) is 16.2 Å². The topological polar surface area (TPSA) is 113 Å². The van der Waals surface area contributed by atoms with Crippen LogP contribution in [-0.4, -0.2) is 39.4 Å². The lowest BCUT2D eigenvalue weighted by Gasteiger charge is -2.24. The van der Waals surface area contributed by atoms with E-state index in [2.05, 4.69) is 5.32 Å². The van der Waals surface area contributed by atoms with Crippen LogP contribution in [-0.2, 0) is 4.79 Å². The smallest absolute Gasteiger partial charge is 0.344 e. The minimum atomic E-state index is -1.04. The number of nitrogens with zero attached hydrogens (tertiary/aromatic N) is 2. The Kier molecular flexibility index (Phi) is 5.70. The lowest BCUT2D eigenvalue weighted by molar-refractivity contribution is -0.384. The van der Waals surface area contributed by atoms with Gasteiger partial charge in [0.05, 0.1) is 10.5 Å². The number of carbonyl (C=O) groups excluding carboxylic acids is 1. The number of allylic oxidation sites excluding steroid dienone is 1. The number of aliphatic carboxylic acids is 1. The number of nitro groups is 1. The molecule has 8 nitrogen and oxygen atoms in total.